The summed E-state index contributed by atoms with van der Waals surface area (Å²) in [4.78, 5) is 9.15. The van der Waals surface area contributed by atoms with Gasteiger partial charge in [0, 0.05) is 36.1 Å². The molecule has 0 aliphatic rings. The Balaban J connectivity index is 0.00000363. The Hall–Kier alpha value is -3.01. The molecule has 0 saturated heterocycles. The Labute approximate surface area is 206 Å². The Morgan fingerprint density at radius 3 is 2.28 bits per heavy atom. The topological polar surface area (TPSA) is 77.0 Å². The number of nitrogens with one attached hydrogen (secondary N) is 2. The number of nitrogens with zero attached hydrogens (tertiary/aromatic N) is 2. The second kappa shape index (κ2) is 12.7. The first-order valence-corrected chi connectivity index (χ1v) is 10.0. The van der Waals surface area contributed by atoms with Gasteiger partial charge in [0.05, 0.1) is 33.6 Å². The fraction of sp³-hybridized carbons (Fsp3) is 0.250. The maximum atomic E-state index is 5.43. The maximum absolute atomic E-state index is 5.43. The molecule has 0 aliphatic carbocycles. The van der Waals surface area contributed by atoms with Crippen LogP contribution in [0.4, 0.5) is 5.69 Å². The van der Waals surface area contributed by atoms with Gasteiger partial charge in [-0.1, -0.05) is 24.3 Å². The molecule has 170 valence electrons. The number of hydrogen-bond acceptors (Lipinski definition) is 5. The number of ether oxygens (including phenoxy) is 3. The molecule has 7 nitrogen and oxygen atoms in total. The molecule has 8 heteroatoms. The third-order valence-corrected chi connectivity index (χ3v) is 4.58. The Morgan fingerprint density at radius 1 is 0.938 bits per heavy atom. The van der Waals surface area contributed by atoms with Gasteiger partial charge in [0.25, 0.3) is 0 Å². The molecule has 1 aromatic heterocycles. The third-order valence-electron chi connectivity index (χ3n) is 4.58. The largest absolute Gasteiger partial charge is 0.493 e. The zero-order valence-electron chi connectivity index (χ0n) is 18.7. The molecule has 0 atom stereocenters. The summed E-state index contributed by atoms with van der Waals surface area (Å²) >= 11 is 0. The first-order valence-electron chi connectivity index (χ1n) is 10.0. The summed E-state index contributed by atoms with van der Waals surface area (Å²) in [6.45, 7) is 3.26. The van der Waals surface area contributed by atoms with Crippen molar-refractivity contribution in [3.8, 4) is 28.5 Å². The van der Waals surface area contributed by atoms with E-state index in [-0.39, 0.29) is 24.0 Å². The van der Waals surface area contributed by atoms with Crippen molar-refractivity contribution in [2.75, 3.05) is 33.2 Å². The fourth-order valence-corrected chi connectivity index (χ4v) is 3.13. The minimum atomic E-state index is 0. The van der Waals surface area contributed by atoms with Crippen molar-refractivity contribution in [1.29, 1.82) is 0 Å². The number of methoxy groups -OCH3 is 3. The van der Waals surface area contributed by atoms with Crippen LogP contribution in [0, 0.1) is 0 Å². The van der Waals surface area contributed by atoms with Crippen LogP contribution in [0.1, 0.15) is 12.5 Å². The van der Waals surface area contributed by atoms with Crippen LogP contribution < -0.4 is 24.8 Å². The molecule has 0 spiro atoms. The summed E-state index contributed by atoms with van der Waals surface area (Å²) in [7, 11) is 4.77. The van der Waals surface area contributed by atoms with Crippen LogP contribution in [-0.4, -0.2) is 38.8 Å². The van der Waals surface area contributed by atoms with E-state index in [9.17, 15) is 0 Å². The van der Waals surface area contributed by atoms with Crippen molar-refractivity contribution in [1.82, 2.24) is 10.3 Å². The lowest BCUT2D eigenvalue weighted by molar-refractivity contribution is 0.324. The molecule has 3 aromatic rings. The van der Waals surface area contributed by atoms with Crippen LogP contribution in [0.15, 0.2) is 65.8 Å². The van der Waals surface area contributed by atoms with Crippen molar-refractivity contribution in [3.05, 3.63) is 66.4 Å². The number of hydrogen-bond donors (Lipinski definition) is 2. The third kappa shape index (κ3) is 6.49. The van der Waals surface area contributed by atoms with Gasteiger partial charge in [0.2, 0.25) is 5.75 Å². The van der Waals surface area contributed by atoms with E-state index in [1.165, 1.54) is 0 Å². The maximum Gasteiger partial charge on any atom is 0.203 e. The highest BCUT2D eigenvalue weighted by atomic mass is 127. The molecule has 0 radical (unpaired) electrons. The molecule has 0 unspecified atom stereocenters. The number of aliphatic imine (C=N–C) groups is 1. The Kier molecular flexibility index (Phi) is 10.1. The van der Waals surface area contributed by atoms with Crippen molar-refractivity contribution >= 4 is 35.6 Å². The van der Waals surface area contributed by atoms with Crippen molar-refractivity contribution in [3.63, 3.8) is 0 Å². The number of anilines is 1. The van der Waals surface area contributed by atoms with Crippen molar-refractivity contribution in [2.45, 2.75) is 13.5 Å². The zero-order chi connectivity index (χ0) is 22.1. The van der Waals surface area contributed by atoms with E-state index < -0.39 is 0 Å². The second-order valence-electron chi connectivity index (χ2n) is 6.65. The molecule has 1 heterocycles. The van der Waals surface area contributed by atoms with Gasteiger partial charge < -0.3 is 24.8 Å². The summed E-state index contributed by atoms with van der Waals surface area (Å²) in [5.41, 5.74) is 3.87. The van der Waals surface area contributed by atoms with Gasteiger partial charge in [-0.15, -0.1) is 24.0 Å². The highest BCUT2D eigenvalue weighted by molar-refractivity contribution is 14.0. The average Bonchev–Trinajstić information content (AvgIpc) is 2.82. The molecular weight excluding hydrogens is 519 g/mol. The van der Waals surface area contributed by atoms with Gasteiger partial charge in [-0.05, 0) is 30.7 Å². The lowest BCUT2D eigenvalue weighted by Crippen LogP contribution is -2.30. The van der Waals surface area contributed by atoms with E-state index in [1.54, 1.807) is 27.5 Å². The smallest absolute Gasteiger partial charge is 0.203 e. The van der Waals surface area contributed by atoms with E-state index in [0.717, 1.165) is 29.1 Å². The summed E-state index contributed by atoms with van der Waals surface area (Å²) in [6.07, 6.45) is 1.80. The summed E-state index contributed by atoms with van der Waals surface area (Å²) < 4.78 is 16.3. The van der Waals surface area contributed by atoms with Crippen LogP contribution in [-0.2, 0) is 6.54 Å². The first-order chi connectivity index (χ1) is 15.2. The van der Waals surface area contributed by atoms with E-state index >= 15 is 0 Å². The Morgan fingerprint density at radius 2 is 1.69 bits per heavy atom. The van der Waals surface area contributed by atoms with Crippen LogP contribution in [0.2, 0.25) is 0 Å². The molecule has 2 N–H and O–H groups in total. The number of benzene rings is 2. The van der Waals surface area contributed by atoms with Crippen LogP contribution in [0.3, 0.4) is 0 Å². The van der Waals surface area contributed by atoms with Gasteiger partial charge >= 0.3 is 0 Å². The lowest BCUT2D eigenvalue weighted by Gasteiger charge is -2.16. The molecule has 0 aliphatic heterocycles. The first kappa shape index (κ1) is 25.3. The van der Waals surface area contributed by atoms with E-state index in [2.05, 4.69) is 33.8 Å². The fourth-order valence-electron chi connectivity index (χ4n) is 3.13. The second-order valence-corrected chi connectivity index (χ2v) is 6.65. The number of guanidine groups is 1. The molecule has 2 aromatic carbocycles. The SMILES string of the molecule is CCNC(=NCc1cccc(-c2ccccn2)c1)Nc1cc(OC)c(OC)c(OC)c1.I. The normalized spacial score (nSPS) is 10.7. The number of pyridine rings is 1. The average molecular weight is 548 g/mol. The molecular formula is C24H29IN4O3. The van der Waals surface area contributed by atoms with Gasteiger partial charge in [0.15, 0.2) is 17.5 Å². The van der Waals surface area contributed by atoms with E-state index in [0.29, 0.717) is 29.8 Å². The van der Waals surface area contributed by atoms with E-state index in [4.69, 9.17) is 19.2 Å². The number of rotatable bonds is 8. The van der Waals surface area contributed by atoms with Gasteiger partial charge in [-0.3, -0.25) is 4.98 Å². The Bertz CT molecular complexity index is 1000. The number of halogens is 1. The minimum Gasteiger partial charge on any atom is -0.493 e. The quantitative estimate of drug-likeness (QED) is 0.235. The van der Waals surface area contributed by atoms with Crippen LogP contribution in [0.5, 0.6) is 17.2 Å². The molecule has 32 heavy (non-hydrogen) atoms. The number of aromatic nitrogens is 1. The molecule has 0 fully saturated rings. The van der Waals surface area contributed by atoms with Gasteiger partial charge in [-0.2, -0.15) is 0 Å². The summed E-state index contributed by atoms with van der Waals surface area (Å²) in [5, 5.41) is 6.57. The van der Waals surface area contributed by atoms with Crippen LogP contribution in [0.25, 0.3) is 11.3 Å². The molecule has 0 amide bonds. The van der Waals surface area contributed by atoms with Crippen molar-refractivity contribution in [2.24, 2.45) is 4.99 Å². The predicted molar refractivity (Wildman–Crippen MR) is 140 cm³/mol. The van der Waals surface area contributed by atoms with Gasteiger partial charge in [0.1, 0.15) is 0 Å². The zero-order valence-corrected chi connectivity index (χ0v) is 21.0. The van der Waals surface area contributed by atoms with Gasteiger partial charge in [-0.25, -0.2) is 4.99 Å². The highest BCUT2D eigenvalue weighted by Gasteiger charge is 2.14. The standard InChI is InChI=1S/C24H28N4O3.HI/c1-5-25-24(28-19-14-21(29-2)23(31-4)22(15-19)30-3)27-16-17-9-8-10-18(13-17)20-11-6-7-12-26-20;/h6-15H,5,16H2,1-4H3,(H2,25,27,28);1H. The monoisotopic (exact) mass is 548 g/mol. The van der Waals surface area contributed by atoms with Crippen LogP contribution >= 0.6 is 24.0 Å². The molecule has 0 saturated carbocycles. The lowest BCUT2D eigenvalue weighted by atomic mass is 10.1. The van der Waals surface area contributed by atoms with E-state index in [1.807, 2.05) is 43.3 Å². The molecule has 3 rings (SSSR count). The summed E-state index contributed by atoms with van der Waals surface area (Å²) in [6, 6.07) is 17.8. The summed E-state index contributed by atoms with van der Waals surface area (Å²) in [5.74, 6) is 2.34. The highest BCUT2D eigenvalue weighted by Crippen LogP contribution is 2.39. The minimum absolute atomic E-state index is 0. The predicted octanol–water partition coefficient (Wildman–Crippen LogP) is 4.97. The molecule has 0 bridgehead atoms. The van der Waals surface area contributed by atoms with Crippen molar-refractivity contribution < 1.29 is 14.2 Å².